The first kappa shape index (κ1) is 45.1. The first-order valence-electron chi connectivity index (χ1n) is 24.6. The van der Waals surface area contributed by atoms with E-state index >= 15 is 10.2 Å². The van der Waals surface area contributed by atoms with E-state index in [9.17, 15) is 0 Å². The molecule has 0 radical (unpaired) electrons. The van der Waals surface area contributed by atoms with Gasteiger partial charge in [-0.1, -0.05) is 137 Å². The Morgan fingerprint density at radius 1 is 0.446 bits per heavy atom. The van der Waals surface area contributed by atoms with Crippen LogP contribution in [0.4, 0.5) is 0 Å². The van der Waals surface area contributed by atoms with Gasteiger partial charge in [0.1, 0.15) is 5.75 Å². The summed E-state index contributed by atoms with van der Waals surface area (Å²) in [5.41, 5.74) is 12.3. The predicted molar refractivity (Wildman–Crippen MR) is 260 cm³/mol. The fourth-order valence-electron chi connectivity index (χ4n) is 18.7. The summed E-state index contributed by atoms with van der Waals surface area (Å²) in [5.74, 6) is 1.02. The normalized spacial score (nSPS) is 34.8. The summed E-state index contributed by atoms with van der Waals surface area (Å²) in [6.45, 7) is 19.3. The van der Waals surface area contributed by atoms with E-state index in [0.29, 0.717) is 5.75 Å². The summed E-state index contributed by atoms with van der Waals surface area (Å²) < 4.78 is 10.6. The molecule has 0 amide bonds. The van der Waals surface area contributed by atoms with Gasteiger partial charge in [-0.2, -0.15) is 0 Å². The van der Waals surface area contributed by atoms with E-state index in [1.54, 1.807) is 7.11 Å². The van der Waals surface area contributed by atoms with Gasteiger partial charge in [0.05, 0.1) is 18.5 Å². The molecule has 65 heavy (non-hydrogen) atoms. The van der Waals surface area contributed by atoms with Crippen molar-refractivity contribution in [2.75, 3.05) is 7.11 Å². The summed E-state index contributed by atoms with van der Waals surface area (Å²) in [4.78, 5) is 5.42. The molecule has 5 aromatic rings. The standard InChI is InChI=1S/C58H67NO3.2CH3.Zr/c1-36-18-43(49(60)45(20-36)57-30-51(3)24-52(4,31-57)26-53(5,25-51)32-57)39-14-10-12-16-41(39)47-22-38(62-9)23-48(59-47)42-17-13-11-15-40(42)44-19-37(2)21-46(50(44)61)58-33-54(6)27-55(7,34-58)29-56(8,28-54)35-58;;;/h10-23,60-61H,24-35H2,1-9H3;2*1H3;/q;;;+2/p-2. The van der Waals surface area contributed by atoms with Gasteiger partial charge in [0.25, 0.3) is 0 Å². The van der Waals surface area contributed by atoms with Crippen LogP contribution in [0.2, 0.25) is 9.26 Å². The van der Waals surface area contributed by atoms with E-state index in [4.69, 9.17) is 9.72 Å². The number of nitrogens with zero attached hydrogens (tertiary/aromatic N) is 1. The maximum absolute atomic E-state index is 15.2. The van der Waals surface area contributed by atoms with Crippen molar-refractivity contribution in [2.45, 2.75) is 153 Å². The van der Waals surface area contributed by atoms with Crippen molar-refractivity contribution in [2.24, 2.45) is 32.5 Å². The second-order valence-corrected chi connectivity index (χ2v) is 27.8. The number of hydrogen-bond acceptors (Lipinski definition) is 4. The Morgan fingerprint density at radius 2 is 0.738 bits per heavy atom. The van der Waals surface area contributed by atoms with Crippen molar-refractivity contribution in [3.63, 3.8) is 0 Å². The summed E-state index contributed by atoms with van der Waals surface area (Å²) >= 11 is 0.230. The van der Waals surface area contributed by atoms with Gasteiger partial charge in [0.2, 0.25) is 0 Å². The number of rotatable bonds is 7. The summed E-state index contributed by atoms with van der Waals surface area (Å²) in [7, 11) is 1.70. The Bertz CT molecular complexity index is 2440. The van der Waals surface area contributed by atoms with Crippen LogP contribution in [0.3, 0.4) is 0 Å². The molecule has 0 atom stereocenters. The van der Waals surface area contributed by atoms with E-state index < -0.39 is 0 Å². The second-order valence-electron chi connectivity index (χ2n) is 25.3. The quantitative estimate of drug-likeness (QED) is 0.163. The monoisotopic (exact) mass is 943 g/mol. The third-order valence-electron chi connectivity index (χ3n) is 17.3. The van der Waals surface area contributed by atoms with E-state index in [-0.39, 0.29) is 78.1 Å². The van der Waals surface area contributed by atoms with Gasteiger partial charge in [0, 0.05) is 23.3 Å². The van der Waals surface area contributed by atoms with Crippen molar-refractivity contribution in [3.8, 4) is 62.0 Å². The molecule has 8 aliphatic carbocycles. The van der Waals surface area contributed by atoms with Gasteiger partial charge in [0.15, 0.2) is 0 Å². The van der Waals surface area contributed by atoms with Gasteiger partial charge in [-0.25, -0.2) is 4.98 Å². The molecule has 8 bridgehead atoms. The van der Waals surface area contributed by atoms with Crippen LogP contribution in [0.1, 0.15) is 141 Å². The number of pyridine rings is 1. The van der Waals surface area contributed by atoms with Crippen LogP contribution in [-0.4, -0.2) is 12.1 Å². The number of aryl methyl sites for hydroxylation is 2. The molecule has 0 spiro atoms. The van der Waals surface area contributed by atoms with Crippen LogP contribution in [0.15, 0.2) is 84.9 Å². The third kappa shape index (κ3) is 7.60. The first-order valence-corrected chi connectivity index (χ1v) is 29.5. The Kier molecular flexibility index (Phi) is 10.5. The number of methoxy groups -OCH3 is 1. The molecule has 8 aliphatic rings. The zero-order chi connectivity index (χ0) is 46.2. The molecule has 4 nitrogen and oxygen atoms in total. The maximum atomic E-state index is 15.2. The zero-order valence-corrected chi connectivity index (χ0v) is 43.7. The molecule has 4 aromatic carbocycles. The fourth-order valence-corrected chi connectivity index (χ4v) is 18.7. The van der Waals surface area contributed by atoms with Crippen molar-refractivity contribution >= 4 is 0 Å². The summed E-state index contributed by atoms with van der Waals surface area (Å²) in [6, 6.07) is 29.2. The van der Waals surface area contributed by atoms with Crippen LogP contribution in [0.25, 0.3) is 44.8 Å². The van der Waals surface area contributed by atoms with Gasteiger partial charge >= 0.3 is 32.5 Å². The Labute approximate surface area is 402 Å². The second kappa shape index (κ2) is 15.2. The van der Waals surface area contributed by atoms with E-state index in [0.717, 1.165) is 106 Å². The molecule has 0 unspecified atom stereocenters. The molecule has 0 saturated heterocycles. The Hall–Kier alpha value is -3.69. The van der Waals surface area contributed by atoms with Crippen molar-refractivity contribution in [1.29, 1.82) is 0 Å². The molecule has 13 rings (SSSR count). The average Bonchev–Trinajstić information content (AvgIpc) is 3.19. The first-order chi connectivity index (χ1) is 30.6. The van der Waals surface area contributed by atoms with Crippen LogP contribution in [0, 0.1) is 46.3 Å². The summed E-state index contributed by atoms with van der Waals surface area (Å²) in [6.07, 6.45) is 14.2. The molecule has 338 valence electrons. The van der Waals surface area contributed by atoms with Gasteiger partial charge in [-0.15, -0.1) is 0 Å². The van der Waals surface area contributed by atoms with Gasteiger partial charge < -0.3 is 14.9 Å². The van der Waals surface area contributed by atoms with E-state index in [1.807, 2.05) is 36.4 Å². The molecule has 5 heteroatoms. The summed E-state index contributed by atoms with van der Waals surface area (Å²) in [5, 5.41) is 30.4. The molecular formula is C60H71NO3Zr. The van der Waals surface area contributed by atoms with E-state index in [1.165, 1.54) is 38.5 Å². The molecule has 0 aliphatic heterocycles. The molecule has 8 fully saturated rings. The zero-order valence-electron chi connectivity index (χ0n) is 41.2. The van der Waals surface area contributed by atoms with Gasteiger partial charge in [-0.05, 0) is 168 Å². The number of ether oxygens (including phenoxy) is 1. The SMILES string of the molecule is COc1cc(-c2ccccc2-c2cc(C)cc(C34CC5(C)CC(C)(CC(C)(C5)C3)C4)c2[O-])nc(-c2ccccc2-c2cc(C)cc(C34CC5(C)CC(C)(CC(C)(C5)C3)C4)c2[O-])c1.[CH3][Zr+2][CH3]. The topological polar surface area (TPSA) is 68.2 Å². The van der Waals surface area contributed by atoms with Crippen LogP contribution in [0.5, 0.6) is 17.2 Å². The molecule has 1 heterocycles. The molecule has 1 aromatic heterocycles. The van der Waals surface area contributed by atoms with Crippen LogP contribution < -0.4 is 14.9 Å². The van der Waals surface area contributed by atoms with Crippen LogP contribution in [-0.2, 0) is 34.1 Å². The van der Waals surface area contributed by atoms with Gasteiger partial charge in [-0.3, -0.25) is 0 Å². The molecule has 0 N–H and O–H groups in total. The number of benzene rings is 4. The molecular weight excluding hydrogens is 874 g/mol. The number of aromatic nitrogens is 1. The van der Waals surface area contributed by atoms with Crippen molar-refractivity contribution in [3.05, 3.63) is 107 Å². The third-order valence-corrected chi connectivity index (χ3v) is 17.3. The average molecular weight is 945 g/mol. The minimum atomic E-state index is -0.107. The number of hydrogen-bond donors (Lipinski definition) is 0. The van der Waals surface area contributed by atoms with Crippen molar-refractivity contribution in [1.82, 2.24) is 4.98 Å². The fraction of sp³-hybridized carbons (Fsp3) is 0.517. The minimum absolute atomic E-state index is 0.107. The Balaban J connectivity index is 0.00000162. The Morgan fingerprint density at radius 3 is 1.03 bits per heavy atom. The van der Waals surface area contributed by atoms with E-state index in [2.05, 4.69) is 113 Å². The predicted octanol–water partition coefficient (Wildman–Crippen LogP) is 15.0. The molecule has 8 saturated carbocycles. The van der Waals surface area contributed by atoms with Crippen LogP contribution >= 0.6 is 0 Å². The van der Waals surface area contributed by atoms with Crippen molar-refractivity contribution < 1.29 is 38.2 Å².